The smallest absolute Gasteiger partial charge is 0.255 e. The van der Waals surface area contributed by atoms with Crippen molar-refractivity contribution in [3.05, 3.63) is 101 Å². The molecule has 0 fully saturated rings. The van der Waals surface area contributed by atoms with Crippen molar-refractivity contribution in [1.82, 2.24) is 5.32 Å². The van der Waals surface area contributed by atoms with Gasteiger partial charge < -0.3 is 15.5 Å². The summed E-state index contributed by atoms with van der Waals surface area (Å²) in [5.74, 6) is 0.826. The highest BCUT2D eigenvalue weighted by Crippen LogP contribution is 2.30. The van der Waals surface area contributed by atoms with Gasteiger partial charge in [-0.25, -0.2) is 0 Å². The first-order valence-electron chi connectivity index (χ1n) is 10.3. The average molecular weight is 410 g/mol. The van der Waals surface area contributed by atoms with E-state index in [-0.39, 0.29) is 12.0 Å². The summed E-state index contributed by atoms with van der Waals surface area (Å²) in [5, 5.41) is 10.5. The zero-order chi connectivity index (χ0) is 21.0. The molecule has 6 nitrogen and oxygen atoms in total. The molecule has 2 N–H and O–H groups in total. The van der Waals surface area contributed by atoms with Crippen LogP contribution >= 0.6 is 0 Å². The number of carbonyl (C=O) groups is 1. The van der Waals surface area contributed by atoms with Gasteiger partial charge in [0, 0.05) is 29.8 Å². The molecule has 0 radical (unpaired) electrons. The van der Waals surface area contributed by atoms with Crippen LogP contribution in [-0.4, -0.2) is 30.5 Å². The Balaban J connectivity index is 1.21. The van der Waals surface area contributed by atoms with E-state index < -0.39 is 0 Å². The number of aliphatic imine (C=N–C) groups is 1. The van der Waals surface area contributed by atoms with Crippen molar-refractivity contribution in [3.8, 4) is 0 Å². The van der Waals surface area contributed by atoms with E-state index in [2.05, 4.69) is 45.0 Å². The Morgan fingerprint density at radius 2 is 1.68 bits per heavy atom. The van der Waals surface area contributed by atoms with Gasteiger partial charge in [0.05, 0.1) is 12.3 Å². The summed E-state index contributed by atoms with van der Waals surface area (Å²) < 4.78 is 0. The average Bonchev–Trinajstić information content (AvgIpc) is 3.53. The molecule has 2 aliphatic heterocycles. The fourth-order valence-electron chi connectivity index (χ4n) is 3.71. The van der Waals surface area contributed by atoms with Crippen molar-refractivity contribution in [2.75, 3.05) is 18.4 Å². The molecule has 1 atom stereocenters. The number of hydrogen-bond donors (Lipinski definition) is 2. The quantitative estimate of drug-likeness (QED) is 0.663. The van der Waals surface area contributed by atoms with Gasteiger partial charge in [0.2, 0.25) is 0 Å². The molecule has 1 amide bonds. The van der Waals surface area contributed by atoms with E-state index in [9.17, 15) is 4.79 Å². The standard InChI is InChI=1S/C25H22N4O2/c30-25(20-4-2-1-3-5-20)28-21-12-10-18(11-13-21)23-16-22(29-31-23)17-6-8-19(9-7-17)24-26-14-15-27-24/h1-13,23H,14-16H2,(H,26,27)(H,28,30). The molecule has 0 bridgehead atoms. The summed E-state index contributed by atoms with van der Waals surface area (Å²) in [6, 6.07) is 25.1. The number of amides is 1. The molecule has 154 valence electrons. The molecule has 0 aliphatic carbocycles. The van der Waals surface area contributed by atoms with Crippen LogP contribution in [0.3, 0.4) is 0 Å². The first-order chi connectivity index (χ1) is 15.3. The third-order valence-electron chi connectivity index (χ3n) is 5.41. The SMILES string of the molecule is O=C(Nc1ccc(C2CC(c3ccc(C4=NCCN4)cc3)=NO2)cc1)c1ccccc1. The number of hydrogen-bond acceptors (Lipinski definition) is 5. The van der Waals surface area contributed by atoms with Gasteiger partial charge in [-0.2, -0.15) is 0 Å². The number of carbonyl (C=O) groups excluding carboxylic acids is 1. The number of benzene rings is 3. The highest BCUT2D eigenvalue weighted by atomic mass is 16.6. The number of nitrogens with one attached hydrogen (secondary N) is 2. The van der Waals surface area contributed by atoms with Crippen molar-refractivity contribution < 1.29 is 9.63 Å². The summed E-state index contributed by atoms with van der Waals surface area (Å²) in [6.07, 6.45) is 0.572. The Morgan fingerprint density at radius 1 is 0.935 bits per heavy atom. The fraction of sp³-hybridized carbons (Fsp3) is 0.160. The van der Waals surface area contributed by atoms with E-state index in [1.165, 1.54) is 0 Å². The molecule has 31 heavy (non-hydrogen) atoms. The summed E-state index contributed by atoms with van der Waals surface area (Å²) >= 11 is 0. The van der Waals surface area contributed by atoms with Crippen molar-refractivity contribution in [2.24, 2.45) is 10.1 Å². The first kappa shape index (κ1) is 19.1. The maximum absolute atomic E-state index is 12.3. The van der Waals surface area contributed by atoms with E-state index in [0.29, 0.717) is 12.0 Å². The summed E-state index contributed by atoms with van der Waals surface area (Å²) in [6.45, 7) is 1.72. The zero-order valence-corrected chi connectivity index (χ0v) is 16.9. The molecule has 3 aromatic rings. The summed E-state index contributed by atoms with van der Waals surface area (Å²) in [4.78, 5) is 22.4. The number of rotatable bonds is 5. The molecule has 6 heteroatoms. The van der Waals surface area contributed by atoms with Crippen molar-refractivity contribution in [1.29, 1.82) is 0 Å². The maximum Gasteiger partial charge on any atom is 0.255 e. The lowest BCUT2D eigenvalue weighted by atomic mass is 9.99. The Bertz CT molecular complexity index is 1140. The lowest BCUT2D eigenvalue weighted by Gasteiger charge is -2.10. The number of amidine groups is 1. The van der Waals surface area contributed by atoms with Crippen LogP contribution in [0.4, 0.5) is 5.69 Å². The second-order valence-corrected chi connectivity index (χ2v) is 7.51. The molecular weight excluding hydrogens is 388 g/mol. The highest BCUT2D eigenvalue weighted by Gasteiger charge is 2.24. The lowest BCUT2D eigenvalue weighted by Crippen LogP contribution is -2.19. The summed E-state index contributed by atoms with van der Waals surface area (Å²) in [5.41, 5.74) is 5.47. The maximum atomic E-state index is 12.3. The van der Waals surface area contributed by atoms with Gasteiger partial charge in [0.25, 0.3) is 5.91 Å². The second kappa shape index (κ2) is 8.44. The molecule has 0 spiro atoms. The van der Waals surface area contributed by atoms with Crippen molar-refractivity contribution in [3.63, 3.8) is 0 Å². The van der Waals surface area contributed by atoms with Crippen LogP contribution in [0.1, 0.15) is 39.6 Å². The Kier molecular flexibility index (Phi) is 5.19. The van der Waals surface area contributed by atoms with Crippen LogP contribution in [0.25, 0.3) is 0 Å². The summed E-state index contributed by atoms with van der Waals surface area (Å²) in [7, 11) is 0. The lowest BCUT2D eigenvalue weighted by molar-refractivity contribution is 0.0857. The van der Waals surface area contributed by atoms with Gasteiger partial charge in [-0.3, -0.25) is 9.79 Å². The van der Waals surface area contributed by atoms with Crippen LogP contribution in [-0.2, 0) is 4.84 Å². The number of nitrogens with zero attached hydrogens (tertiary/aromatic N) is 2. The molecular formula is C25H22N4O2. The molecule has 0 saturated heterocycles. The molecule has 5 rings (SSSR count). The van der Waals surface area contributed by atoms with E-state index >= 15 is 0 Å². The molecule has 0 saturated carbocycles. The Labute approximate surface area is 180 Å². The fourth-order valence-corrected chi connectivity index (χ4v) is 3.71. The topological polar surface area (TPSA) is 75.1 Å². The third kappa shape index (κ3) is 4.19. The Hall–Kier alpha value is -3.93. The molecule has 2 heterocycles. The molecule has 2 aliphatic rings. The number of anilines is 1. The van der Waals surface area contributed by atoms with Gasteiger partial charge in [-0.05, 0) is 35.4 Å². The van der Waals surface area contributed by atoms with Crippen LogP contribution in [0.5, 0.6) is 0 Å². The van der Waals surface area contributed by atoms with Crippen LogP contribution in [0, 0.1) is 0 Å². The van der Waals surface area contributed by atoms with E-state index in [0.717, 1.165) is 47.0 Å². The van der Waals surface area contributed by atoms with E-state index in [1.807, 2.05) is 42.5 Å². The normalized spacial score (nSPS) is 17.4. The van der Waals surface area contributed by atoms with Crippen LogP contribution in [0.15, 0.2) is 89.0 Å². The van der Waals surface area contributed by atoms with Gasteiger partial charge >= 0.3 is 0 Å². The van der Waals surface area contributed by atoms with Gasteiger partial charge in [-0.1, -0.05) is 59.8 Å². The molecule has 1 unspecified atom stereocenters. The van der Waals surface area contributed by atoms with Crippen LogP contribution < -0.4 is 10.6 Å². The minimum absolute atomic E-state index is 0.127. The van der Waals surface area contributed by atoms with Gasteiger partial charge in [0.15, 0.2) is 6.10 Å². The van der Waals surface area contributed by atoms with Gasteiger partial charge in [-0.15, -0.1) is 0 Å². The largest absolute Gasteiger partial charge is 0.387 e. The van der Waals surface area contributed by atoms with Crippen molar-refractivity contribution >= 4 is 23.1 Å². The van der Waals surface area contributed by atoms with Gasteiger partial charge in [0.1, 0.15) is 5.84 Å². The van der Waals surface area contributed by atoms with E-state index in [4.69, 9.17) is 4.84 Å². The first-order valence-corrected chi connectivity index (χ1v) is 10.3. The number of oxime groups is 1. The minimum atomic E-state index is -0.130. The van der Waals surface area contributed by atoms with Crippen molar-refractivity contribution in [2.45, 2.75) is 12.5 Å². The van der Waals surface area contributed by atoms with E-state index in [1.54, 1.807) is 12.1 Å². The highest BCUT2D eigenvalue weighted by molar-refractivity contribution is 6.05. The third-order valence-corrected chi connectivity index (χ3v) is 5.41. The van der Waals surface area contributed by atoms with Crippen LogP contribution in [0.2, 0.25) is 0 Å². The monoisotopic (exact) mass is 410 g/mol. The molecule has 0 aromatic heterocycles. The predicted octanol–water partition coefficient (Wildman–Crippen LogP) is 4.15. The second-order valence-electron chi connectivity index (χ2n) is 7.51. The molecule has 3 aromatic carbocycles. The zero-order valence-electron chi connectivity index (χ0n) is 16.9. The Morgan fingerprint density at radius 3 is 2.39 bits per heavy atom. The minimum Gasteiger partial charge on any atom is -0.387 e. The predicted molar refractivity (Wildman–Crippen MR) is 122 cm³/mol.